The lowest BCUT2D eigenvalue weighted by Crippen LogP contribution is -1.90. The predicted octanol–water partition coefficient (Wildman–Crippen LogP) is 4.02. The Morgan fingerprint density at radius 1 is 1.53 bits per heavy atom. The van der Waals surface area contributed by atoms with E-state index in [4.69, 9.17) is 4.74 Å². The summed E-state index contributed by atoms with van der Waals surface area (Å²) in [6.45, 7) is 1.91. The molecule has 1 aromatic carbocycles. The fourth-order valence-electron chi connectivity index (χ4n) is 1.32. The molecule has 0 aliphatic rings. The van der Waals surface area contributed by atoms with Crippen molar-refractivity contribution in [2.24, 2.45) is 0 Å². The van der Waals surface area contributed by atoms with E-state index < -0.39 is 0 Å². The molecule has 0 saturated heterocycles. The van der Waals surface area contributed by atoms with Crippen LogP contribution in [0.2, 0.25) is 0 Å². The van der Waals surface area contributed by atoms with Crippen LogP contribution in [0.3, 0.4) is 0 Å². The van der Waals surface area contributed by atoms with Crippen LogP contribution in [0.4, 0.5) is 4.39 Å². The summed E-state index contributed by atoms with van der Waals surface area (Å²) in [6, 6.07) is 4.92. The van der Waals surface area contributed by atoms with Crippen LogP contribution in [0.15, 0.2) is 24.3 Å². The third kappa shape index (κ3) is 3.34. The molecule has 0 spiro atoms. The van der Waals surface area contributed by atoms with Crippen molar-refractivity contribution in [1.82, 2.24) is 0 Å². The Hall–Kier alpha value is -0.830. The molecule has 0 fully saturated rings. The number of hydrogen-bond acceptors (Lipinski definition) is 1. The van der Waals surface area contributed by atoms with Gasteiger partial charge in [-0.1, -0.05) is 22.0 Å². The van der Waals surface area contributed by atoms with Crippen molar-refractivity contribution in [3.8, 4) is 5.75 Å². The van der Waals surface area contributed by atoms with Crippen LogP contribution >= 0.6 is 15.9 Å². The second-order valence-corrected chi connectivity index (χ2v) is 4.00. The Kier molecular flexibility index (Phi) is 4.82. The summed E-state index contributed by atoms with van der Waals surface area (Å²) in [6.07, 6.45) is 2.91. The van der Waals surface area contributed by atoms with Gasteiger partial charge in [-0.2, -0.15) is 0 Å². The zero-order valence-electron chi connectivity index (χ0n) is 8.89. The second-order valence-electron chi connectivity index (χ2n) is 3.21. The van der Waals surface area contributed by atoms with Crippen LogP contribution in [0, 0.1) is 5.82 Å². The van der Waals surface area contributed by atoms with E-state index in [9.17, 15) is 4.39 Å². The van der Waals surface area contributed by atoms with Gasteiger partial charge in [0.15, 0.2) is 0 Å². The number of alkyl halides is 1. The van der Waals surface area contributed by atoms with Crippen LogP contribution in [0.25, 0.3) is 5.57 Å². The molecule has 0 radical (unpaired) electrons. The van der Waals surface area contributed by atoms with Gasteiger partial charge < -0.3 is 4.74 Å². The quantitative estimate of drug-likeness (QED) is 0.753. The van der Waals surface area contributed by atoms with E-state index >= 15 is 0 Å². The van der Waals surface area contributed by atoms with Crippen molar-refractivity contribution >= 4 is 21.5 Å². The molecule has 0 N–H and O–H groups in total. The lowest BCUT2D eigenvalue weighted by atomic mass is 10.1. The lowest BCUT2D eigenvalue weighted by molar-refractivity contribution is 0.411. The molecule has 82 valence electrons. The molecule has 1 nitrogen and oxygen atoms in total. The molecule has 1 aromatic rings. The molecule has 0 amide bonds. The van der Waals surface area contributed by atoms with E-state index in [1.807, 2.05) is 13.0 Å². The van der Waals surface area contributed by atoms with Crippen LogP contribution in [-0.2, 0) is 0 Å². The smallest absolute Gasteiger partial charge is 0.134 e. The monoisotopic (exact) mass is 272 g/mol. The van der Waals surface area contributed by atoms with E-state index in [0.717, 1.165) is 17.3 Å². The lowest BCUT2D eigenvalue weighted by Gasteiger charge is -2.05. The Labute approximate surface area is 98.1 Å². The number of methoxy groups -OCH3 is 1. The van der Waals surface area contributed by atoms with Crippen molar-refractivity contribution in [1.29, 1.82) is 0 Å². The summed E-state index contributed by atoms with van der Waals surface area (Å²) < 4.78 is 18.5. The van der Waals surface area contributed by atoms with Gasteiger partial charge in [-0.05, 0) is 31.1 Å². The number of rotatable bonds is 4. The number of ether oxygens (including phenoxy) is 1. The third-order valence-electron chi connectivity index (χ3n) is 2.16. The Morgan fingerprint density at radius 2 is 2.27 bits per heavy atom. The molecule has 0 bridgehead atoms. The molecular formula is C12H14BrFO. The molecule has 15 heavy (non-hydrogen) atoms. The topological polar surface area (TPSA) is 9.23 Å². The molecule has 0 aliphatic carbocycles. The number of hydrogen-bond donors (Lipinski definition) is 0. The van der Waals surface area contributed by atoms with Gasteiger partial charge in [-0.25, -0.2) is 4.39 Å². The van der Waals surface area contributed by atoms with E-state index in [-0.39, 0.29) is 5.82 Å². The van der Waals surface area contributed by atoms with Gasteiger partial charge in [-0.15, -0.1) is 0 Å². The maximum absolute atomic E-state index is 13.6. The first-order chi connectivity index (χ1) is 7.19. The molecule has 0 atom stereocenters. The van der Waals surface area contributed by atoms with Crippen LogP contribution in [0.5, 0.6) is 5.75 Å². The molecule has 0 saturated carbocycles. The van der Waals surface area contributed by atoms with Crippen molar-refractivity contribution < 1.29 is 9.13 Å². The highest BCUT2D eigenvalue weighted by molar-refractivity contribution is 9.09. The molecule has 0 heterocycles. The molecule has 1 rings (SSSR count). The SMILES string of the molecule is COc1ccc(/C(C)=C/CCBr)c(F)c1. The number of benzene rings is 1. The first kappa shape index (κ1) is 12.2. The molecule has 0 aromatic heterocycles. The highest BCUT2D eigenvalue weighted by Gasteiger charge is 2.04. The Balaban J connectivity index is 2.95. The molecule has 0 unspecified atom stereocenters. The average molecular weight is 273 g/mol. The van der Waals surface area contributed by atoms with Gasteiger partial charge in [0, 0.05) is 17.0 Å². The minimum absolute atomic E-state index is 0.238. The van der Waals surface area contributed by atoms with Crippen molar-refractivity contribution in [2.45, 2.75) is 13.3 Å². The van der Waals surface area contributed by atoms with Gasteiger partial charge in [-0.3, -0.25) is 0 Å². The molecule has 0 aliphatic heterocycles. The van der Waals surface area contributed by atoms with Gasteiger partial charge in [0.2, 0.25) is 0 Å². The van der Waals surface area contributed by atoms with Crippen LogP contribution in [0.1, 0.15) is 18.9 Å². The fraction of sp³-hybridized carbons (Fsp3) is 0.333. The minimum Gasteiger partial charge on any atom is -0.497 e. The zero-order chi connectivity index (χ0) is 11.3. The third-order valence-corrected chi connectivity index (χ3v) is 2.62. The summed E-state index contributed by atoms with van der Waals surface area (Å²) in [5.74, 6) is 0.308. The van der Waals surface area contributed by atoms with Crippen LogP contribution in [-0.4, -0.2) is 12.4 Å². The summed E-state index contributed by atoms with van der Waals surface area (Å²) in [7, 11) is 1.53. The van der Waals surface area contributed by atoms with Gasteiger partial charge in [0.25, 0.3) is 0 Å². The minimum atomic E-state index is -0.238. The van der Waals surface area contributed by atoms with Gasteiger partial charge in [0.1, 0.15) is 11.6 Å². The molecule has 3 heteroatoms. The largest absolute Gasteiger partial charge is 0.497 e. The molecular weight excluding hydrogens is 259 g/mol. The van der Waals surface area contributed by atoms with E-state index in [0.29, 0.717) is 11.3 Å². The van der Waals surface area contributed by atoms with E-state index in [1.165, 1.54) is 13.2 Å². The highest BCUT2D eigenvalue weighted by Crippen LogP contribution is 2.22. The number of allylic oxidation sites excluding steroid dienone is 2. The Bertz CT molecular complexity index is 361. The zero-order valence-corrected chi connectivity index (χ0v) is 10.5. The predicted molar refractivity (Wildman–Crippen MR) is 65.0 cm³/mol. The van der Waals surface area contributed by atoms with Gasteiger partial charge >= 0.3 is 0 Å². The second kappa shape index (κ2) is 5.91. The Morgan fingerprint density at radius 3 is 2.80 bits per heavy atom. The van der Waals surface area contributed by atoms with Gasteiger partial charge in [0.05, 0.1) is 7.11 Å². The summed E-state index contributed by atoms with van der Waals surface area (Å²) in [5, 5.41) is 0.891. The average Bonchev–Trinajstić information content (AvgIpc) is 2.25. The maximum Gasteiger partial charge on any atom is 0.134 e. The normalized spacial score (nSPS) is 11.6. The first-order valence-corrected chi connectivity index (χ1v) is 5.88. The standard InChI is InChI=1S/C12H14BrFO/c1-9(4-3-7-13)11-6-5-10(15-2)8-12(11)14/h4-6,8H,3,7H2,1-2H3/b9-4+. The van der Waals surface area contributed by atoms with E-state index in [2.05, 4.69) is 15.9 Å². The summed E-state index contributed by atoms with van der Waals surface area (Å²) in [4.78, 5) is 0. The van der Waals surface area contributed by atoms with E-state index in [1.54, 1.807) is 12.1 Å². The summed E-state index contributed by atoms with van der Waals surface area (Å²) in [5.41, 5.74) is 1.59. The maximum atomic E-state index is 13.6. The summed E-state index contributed by atoms with van der Waals surface area (Å²) >= 11 is 3.33. The first-order valence-electron chi connectivity index (χ1n) is 4.75. The van der Waals surface area contributed by atoms with Crippen molar-refractivity contribution in [2.75, 3.05) is 12.4 Å². The highest BCUT2D eigenvalue weighted by atomic mass is 79.9. The number of halogens is 2. The van der Waals surface area contributed by atoms with Crippen molar-refractivity contribution in [3.63, 3.8) is 0 Å². The van der Waals surface area contributed by atoms with Crippen LogP contribution < -0.4 is 4.74 Å². The van der Waals surface area contributed by atoms with Crippen molar-refractivity contribution in [3.05, 3.63) is 35.7 Å². The fourth-order valence-corrected chi connectivity index (χ4v) is 1.55.